The summed E-state index contributed by atoms with van der Waals surface area (Å²) in [6, 6.07) is 41.8. The van der Waals surface area contributed by atoms with Crippen molar-refractivity contribution in [2.45, 2.75) is 27.7 Å². The van der Waals surface area contributed by atoms with Crippen LogP contribution >= 0.6 is 18.6 Å². The molecule has 0 bridgehead atoms. The van der Waals surface area contributed by atoms with Crippen molar-refractivity contribution < 1.29 is 15.3 Å². The summed E-state index contributed by atoms with van der Waals surface area (Å²) in [4.78, 5) is 0. The zero-order chi connectivity index (χ0) is 27.1. The van der Waals surface area contributed by atoms with Crippen LogP contribution in [0.1, 0.15) is 33.4 Å². The molecule has 0 N–H and O–H groups in total. The molecule has 0 amide bonds. The minimum absolute atomic E-state index is 1.12. The Morgan fingerprint density at radius 1 is 0.500 bits per heavy atom. The van der Waals surface area contributed by atoms with Crippen LogP contribution in [0.25, 0.3) is 21.5 Å². The summed E-state index contributed by atoms with van der Waals surface area (Å²) in [5.41, 5.74) is 7.80. The van der Waals surface area contributed by atoms with E-state index in [0.29, 0.717) is 0 Å². The van der Waals surface area contributed by atoms with E-state index in [2.05, 4.69) is 113 Å². The van der Waals surface area contributed by atoms with Crippen molar-refractivity contribution in [2.75, 3.05) is 0 Å². The predicted molar refractivity (Wildman–Crippen MR) is 166 cm³/mol. The molecule has 0 fully saturated rings. The summed E-state index contributed by atoms with van der Waals surface area (Å²) in [5.74, 6) is 0. The summed E-state index contributed by atoms with van der Waals surface area (Å²) in [6.45, 7) is 8.65. The van der Waals surface area contributed by atoms with E-state index in [9.17, 15) is 0 Å². The first kappa shape index (κ1) is 28.3. The van der Waals surface area contributed by atoms with E-state index >= 15 is 0 Å². The van der Waals surface area contributed by atoms with E-state index in [1.165, 1.54) is 43.8 Å². The van der Waals surface area contributed by atoms with Crippen molar-refractivity contribution in [2.24, 2.45) is 0 Å². The van der Waals surface area contributed by atoms with Crippen molar-refractivity contribution in [1.82, 2.24) is 0 Å². The van der Waals surface area contributed by atoms with Crippen LogP contribution in [0.5, 0.6) is 0 Å². The Kier molecular flexibility index (Phi) is 9.94. The molecule has 0 aromatic heterocycles. The Morgan fingerprint density at radius 3 is 1.24 bits per heavy atom. The van der Waals surface area contributed by atoms with Gasteiger partial charge in [-0.15, -0.1) is 57.9 Å². The van der Waals surface area contributed by atoms with Crippen LogP contribution in [0.2, 0.25) is 0 Å². The van der Waals surface area contributed by atoms with Gasteiger partial charge in [-0.05, 0) is 13.8 Å². The van der Waals surface area contributed by atoms with Gasteiger partial charge in [0.05, 0.1) is 0 Å². The van der Waals surface area contributed by atoms with Crippen LogP contribution in [-0.2, 0) is 15.3 Å². The molecule has 0 unspecified atom stereocenters. The van der Waals surface area contributed by atoms with Gasteiger partial charge in [0.15, 0.2) is 0 Å². The topological polar surface area (TPSA) is 0 Å². The molecule has 0 nitrogen and oxygen atoms in total. The zero-order valence-corrected chi connectivity index (χ0v) is 25.4. The van der Waals surface area contributed by atoms with Gasteiger partial charge in [-0.2, -0.15) is 23.3 Å². The average Bonchev–Trinajstić information content (AvgIpc) is 3.50. The van der Waals surface area contributed by atoms with E-state index < -0.39 is 15.3 Å². The Labute approximate surface area is 240 Å². The zero-order valence-electron chi connectivity index (χ0n) is 22.3. The predicted octanol–water partition coefficient (Wildman–Crippen LogP) is 10.5. The first-order valence-electron chi connectivity index (χ1n) is 12.8. The molecule has 6 rings (SSSR count). The standard InChI is InChI=1S/C13H10.2C11H11.2ClH.Ti/c1-3-7-12(8-4-1)11-13-9-5-2-6-10-13;2*1-8-4-3-5-10-7-6-9(2)11(8)10;;;/h1-10H;2*3-7H,1-2H3;2*1H;/q;2*-1;;;+2/p-2. The molecule has 0 aliphatic carbocycles. The number of rotatable bonds is 2. The Bertz CT molecular complexity index is 1530. The molecule has 3 heteroatoms. The van der Waals surface area contributed by atoms with Gasteiger partial charge in [0.25, 0.3) is 0 Å². The van der Waals surface area contributed by atoms with E-state index in [4.69, 9.17) is 18.6 Å². The van der Waals surface area contributed by atoms with E-state index in [0.717, 1.165) is 14.9 Å². The van der Waals surface area contributed by atoms with E-state index in [-0.39, 0.29) is 0 Å². The number of benzene rings is 4. The second kappa shape index (κ2) is 13.4. The molecule has 0 saturated carbocycles. The van der Waals surface area contributed by atoms with Crippen LogP contribution < -0.4 is 0 Å². The molecule has 0 atom stereocenters. The van der Waals surface area contributed by atoms with Crippen molar-refractivity contribution in [3.05, 3.63) is 155 Å². The molecule has 0 saturated heterocycles. The quantitative estimate of drug-likeness (QED) is 0.143. The fourth-order valence-corrected chi connectivity index (χ4v) is 7.93. The number of aryl methyl sites for hydroxylation is 4. The molecule has 6 aromatic rings. The van der Waals surface area contributed by atoms with E-state index in [1.54, 1.807) is 0 Å². The molecular weight excluding hydrogens is 539 g/mol. The second-order valence-corrected chi connectivity index (χ2v) is 15.0. The van der Waals surface area contributed by atoms with Gasteiger partial charge in [0.2, 0.25) is 0 Å². The number of hydrogen-bond donors (Lipinski definition) is 0. The summed E-state index contributed by atoms with van der Waals surface area (Å²) in [7, 11) is 12.4. The first-order valence-corrected chi connectivity index (χ1v) is 17.8. The van der Waals surface area contributed by atoms with Crippen LogP contribution in [0.4, 0.5) is 0 Å². The van der Waals surface area contributed by atoms with Gasteiger partial charge in [-0.1, -0.05) is 37.1 Å². The summed E-state index contributed by atoms with van der Waals surface area (Å²) in [5, 5.41) is 5.57. The molecule has 192 valence electrons. The third-order valence-corrected chi connectivity index (χ3v) is 9.79. The fourth-order valence-electron chi connectivity index (χ4n) is 4.93. The van der Waals surface area contributed by atoms with Crippen molar-refractivity contribution in [3.8, 4) is 0 Å². The molecule has 6 aromatic carbocycles. The third-order valence-electron chi connectivity index (χ3n) is 6.74. The van der Waals surface area contributed by atoms with Gasteiger partial charge in [0, 0.05) is 0 Å². The number of hydrogen-bond acceptors (Lipinski definition) is 0. The maximum absolute atomic E-state index is 6.21. The average molecular weight is 571 g/mol. The molecule has 0 heterocycles. The van der Waals surface area contributed by atoms with Gasteiger partial charge in [0.1, 0.15) is 0 Å². The normalized spacial score (nSPS) is 10.4. The molecule has 38 heavy (non-hydrogen) atoms. The minimum atomic E-state index is -2.15. The number of fused-ring (bicyclic) bond motifs is 2. The summed E-state index contributed by atoms with van der Waals surface area (Å²) in [6.07, 6.45) is 0. The molecule has 0 aliphatic rings. The van der Waals surface area contributed by atoms with Gasteiger partial charge in [-0.25, -0.2) is 0 Å². The summed E-state index contributed by atoms with van der Waals surface area (Å²) < 4.78 is 1.12. The van der Waals surface area contributed by atoms with Gasteiger partial charge in [-0.3, -0.25) is 0 Å². The van der Waals surface area contributed by atoms with Crippen LogP contribution in [0.15, 0.2) is 121 Å². The monoisotopic (exact) mass is 570 g/mol. The van der Waals surface area contributed by atoms with Crippen molar-refractivity contribution in [1.29, 1.82) is 0 Å². The van der Waals surface area contributed by atoms with Gasteiger partial charge >= 0.3 is 109 Å². The SMILES string of the molecule is Cc1cccc2[cH-]cc(C)c12.Cc1cccc2[cH-]cc(C)c12.[Cl][Ti]([Cl])=[C](c1ccccc1)c1ccccc1. The van der Waals surface area contributed by atoms with Crippen LogP contribution in [-0.4, -0.2) is 3.81 Å². The van der Waals surface area contributed by atoms with E-state index in [1.807, 2.05) is 36.4 Å². The Balaban J connectivity index is 0.000000136. The Morgan fingerprint density at radius 2 is 0.895 bits per heavy atom. The third kappa shape index (κ3) is 6.82. The first-order chi connectivity index (χ1) is 18.4. The molecule has 0 spiro atoms. The van der Waals surface area contributed by atoms with Crippen LogP contribution in [0.3, 0.4) is 0 Å². The summed E-state index contributed by atoms with van der Waals surface area (Å²) >= 11 is -2.15. The second-order valence-electron chi connectivity index (χ2n) is 9.48. The Hall–Kier alpha value is -2.74. The van der Waals surface area contributed by atoms with Crippen molar-refractivity contribution in [3.63, 3.8) is 0 Å². The van der Waals surface area contributed by atoms with Gasteiger partial charge < -0.3 is 0 Å². The fraction of sp³-hybridized carbons (Fsp3) is 0.114. The van der Waals surface area contributed by atoms with Crippen molar-refractivity contribution >= 4 is 44.0 Å². The molecule has 0 radical (unpaired) electrons. The number of halogens is 2. The van der Waals surface area contributed by atoms with Crippen LogP contribution in [0, 0.1) is 27.7 Å². The molecule has 0 aliphatic heterocycles. The molecular formula is C35H32Cl2Ti-2. The maximum atomic E-state index is 6.21.